The summed E-state index contributed by atoms with van der Waals surface area (Å²) in [5, 5.41) is 10.8. The second-order valence-corrected chi connectivity index (χ2v) is 7.11. The van der Waals surface area contributed by atoms with Crippen molar-refractivity contribution in [2.45, 2.75) is 11.8 Å². The maximum atomic E-state index is 12.4. The highest BCUT2D eigenvalue weighted by Gasteiger charge is 2.21. The minimum absolute atomic E-state index is 0.101. The summed E-state index contributed by atoms with van der Waals surface area (Å²) < 4.78 is 28.0. The summed E-state index contributed by atoms with van der Waals surface area (Å²) in [5.74, 6) is 0. The number of non-ortho nitro benzene ring substituents is 1. The first-order valence-electron chi connectivity index (χ1n) is 5.83. The molecule has 0 heterocycles. The van der Waals surface area contributed by atoms with E-state index in [2.05, 4.69) is 4.72 Å². The molecule has 21 heavy (non-hydrogen) atoms. The molecule has 0 amide bonds. The van der Waals surface area contributed by atoms with Gasteiger partial charge in [0, 0.05) is 15.7 Å². The van der Waals surface area contributed by atoms with Crippen molar-refractivity contribution in [1.82, 2.24) is 0 Å². The Morgan fingerprint density at radius 2 is 1.86 bits per heavy atom. The van der Waals surface area contributed by atoms with Crippen LogP contribution in [-0.2, 0) is 10.0 Å². The van der Waals surface area contributed by atoms with Gasteiger partial charge in [0.25, 0.3) is 15.7 Å². The number of hydrogen-bond acceptors (Lipinski definition) is 4. The average Bonchev–Trinajstić information content (AvgIpc) is 2.41. The van der Waals surface area contributed by atoms with Crippen LogP contribution in [0.2, 0.25) is 0 Å². The Balaban J connectivity index is 2.47. The molecule has 2 rings (SSSR count). The normalized spacial score (nSPS) is 11.1. The molecule has 0 saturated heterocycles. The quantitative estimate of drug-likeness (QED) is 0.469. The van der Waals surface area contributed by atoms with E-state index in [1.165, 1.54) is 12.1 Å². The van der Waals surface area contributed by atoms with E-state index < -0.39 is 14.9 Å². The highest BCUT2D eigenvalue weighted by Crippen LogP contribution is 2.25. The fourth-order valence-electron chi connectivity index (χ4n) is 1.74. The Labute approximate surface area is 135 Å². The lowest BCUT2D eigenvalue weighted by molar-refractivity contribution is -0.385. The van der Waals surface area contributed by atoms with Crippen LogP contribution in [0.5, 0.6) is 0 Å². The first-order chi connectivity index (χ1) is 9.81. The van der Waals surface area contributed by atoms with Crippen LogP contribution in [-0.4, -0.2) is 13.3 Å². The van der Waals surface area contributed by atoms with Crippen LogP contribution in [0.25, 0.3) is 0 Å². The number of nitro benzene ring substituents is 1. The van der Waals surface area contributed by atoms with Crippen molar-refractivity contribution in [1.29, 1.82) is 0 Å². The van der Waals surface area contributed by atoms with Crippen molar-refractivity contribution >= 4 is 44.0 Å². The van der Waals surface area contributed by atoms with Gasteiger partial charge in [-0.3, -0.25) is 14.8 Å². The number of benzene rings is 2. The number of sulfonamides is 1. The summed E-state index contributed by atoms with van der Waals surface area (Å²) in [7, 11) is -3.88. The predicted octanol–water partition coefficient (Wildman–Crippen LogP) is 3.31. The van der Waals surface area contributed by atoms with Gasteiger partial charge in [-0.25, -0.2) is 8.42 Å². The zero-order valence-electron chi connectivity index (χ0n) is 10.9. The van der Waals surface area contributed by atoms with Crippen LogP contribution in [0.4, 0.5) is 11.4 Å². The molecule has 0 bridgehead atoms. The topological polar surface area (TPSA) is 89.3 Å². The van der Waals surface area contributed by atoms with E-state index in [4.69, 9.17) is 0 Å². The number of nitrogens with one attached hydrogen (secondary N) is 1. The average molecular weight is 418 g/mol. The summed E-state index contributed by atoms with van der Waals surface area (Å²) in [6.45, 7) is 1.59. The van der Waals surface area contributed by atoms with Crippen LogP contribution in [0.1, 0.15) is 5.56 Å². The highest BCUT2D eigenvalue weighted by atomic mass is 127. The van der Waals surface area contributed by atoms with Crippen LogP contribution in [0.15, 0.2) is 47.4 Å². The number of aryl methyl sites for hydroxylation is 1. The maximum Gasteiger partial charge on any atom is 0.270 e. The van der Waals surface area contributed by atoms with Crippen molar-refractivity contribution in [3.8, 4) is 0 Å². The van der Waals surface area contributed by atoms with Crippen LogP contribution < -0.4 is 4.72 Å². The molecule has 110 valence electrons. The van der Waals surface area contributed by atoms with Gasteiger partial charge < -0.3 is 0 Å². The lowest BCUT2D eigenvalue weighted by Crippen LogP contribution is -2.15. The van der Waals surface area contributed by atoms with Gasteiger partial charge in [-0.15, -0.1) is 0 Å². The molecule has 0 aliphatic heterocycles. The number of rotatable bonds is 4. The van der Waals surface area contributed by atoms with Crippen molar-refractivity contribution in [3.05, 3.63) is 61.7 Å². The van der Waals surface area contributed by atoms with Crippen LogP contribution in [0.3, 0.4) is 0 Å². The lowest BCUT2D eigenvalue weighted by atomic mass is 10.2. The van der Waals surface area contributed by atoms with E-state index in [1.807, 2.05) is 22.6 Å². The second kappa shape index (κ2) is 5.98. The third-order valence-corrected chi connectivity index (χ3v) is 5.24. The smallest absolute Gasteiger partial charge is 0.270 e. The molecule has 0 saturated carbocycles. The van der Waals surface area contributed by atoms with Gasteiger partial charge in [0.05, 0.1) is 15.5 Å². The molecule has 0 radical (unpaired) electrons. The summed E-state index contributed by atoms with van der Waals surface area (Å²) in [4.78, 5) is 10.1. The lowest BCUT2D eigenvalue weighted by Gasteiger charge is -2.11. The maximum absolute atomic E-state index is 12.4. The summed E-state index contributed by atoms with van der Waals surface area (Å²) >= 11 is 2.01. The third-order valence-electron chi connectivity index (χ3n) is 2.79. The van der Waals surface area contributed by atoms with Crippen LogP contribution in [0, 0.1) is 20.6 Å². The number of para-hydroxylation sites is 1. The Morgan fingerprint density at radius 1 is 1.19 bits per heavy atom. The predicted molar refractivity (Wildman–Crippen MR) is 87.8 cm³/mol. The Morgan fingerprint density at radius 3 is 2.48 bits per heavy atom. The van der Waals surface area contributed by atoms with Gasteiger partial charge in [0.2, 0.25) is 0 Å². The van der Waals surface area contributed by atoms with Gasteiger partial charge >= 0.3 is 0 Å². The fraction of sp³-hybridized carbons (Fsp3) is 0.0769. The minimum Gasteiger partial charge on any atom is -0.279 e. The molecule has 8 heteroatoms. The number of nitrogens with zero attached hydrogens (tertiary/aromatic N) is 1. The first kappa shape index (κ1) is 15.7. The fourth-order valence-corrected chi connectivity index (χ4v) is 3.79. The summed E-state index contributed by atoms with van der Waals surface area (Å²) in [6.07, 6.45) is 0. The van der Waals surface area contributed by atoms with Crippen molar-refractivity contribution in [2.24, 2.45) is 0 Å². The van der Waals surface area contributed by atoms with Crippen LogP contribution >= 0.6 is 22.6 Å². The number of nitro groups is 1. The summed E-state index contributed by atoms with van der Waals surface area (Å²) in [5.41, 5.74) is 0.617. The largest absolute Gasteiger partial charge is 0.279 e. The zero-order chi connectivity index (χ0) is 15.6. The molecule has 0 aliphatic carbocycles. The molecule has 2 aromatic rings. The van der Waals surface area contributed by atoms with E-state index in [0.29, 0.717) is 11.3 Å². The molecular formula is C13H11IN2O4S. The number of halogens is 1. The Hall–Kier alpha value is -1.68. The van der Waals surface area contributed by atoms with Crippen molar-refractivity contribution < 1.29 is 13.3 Å². The molecule has 0 aliphatic rings. The van der Waals surface area contributed by atoms with E-state index in [0.717, 1.165) is 9.64 Å². The third kappa shape index (κ3) is 3.50. The molecule has 0 unspecified atom stereocenters. The van der Waals surface area contributed by atoms with Gasteiger partial charge in [0.15, 0.2) is 0 Å². The first-order valence-corrected chi connectivity index (χ1v) is 8.40. The van der Waals surface area contributed by atoms with E-state index in [1.54, 1.807) is 31.2 Å². The number of anilines is 1. The summed E-state index contributed by atoms with van der Waals surface area (Å²) in [6, 6.07) is 10.7. The van der Waals surface area contributed by atoms with Crippen molar-refractivity contribution in [3.63, 3.8) is 0 Å². The molecule has 2 aromatic carbocycles. The molecule has 1 N–H and O–H groups in total. The SMILES string of the molecule is Cc1ccc([N+](=O)[O-])cc1S(=O)(=O)Nc1ccccc1I. The van der Waals surface area contributed by atoms with Gasteiger partial charge in [-0.1, -0.05) is 18.2 Å². The van der Waals surface area contributed by atoms with E-state index in [-0.39, 0.29) is 10.6 Å². The number of hydrogen-bond donors (Lipinski definition) is 1. The van der Waals surface area contributed by atoms with Gasteiger partial charge in [-0.2, -0.15) is 0 Å². The second-order valence-electron chi connectivity index (χ2n) is 4.29. The Bertz CT molecular complexity index is 806. The molecule has 0 fully saturated rings. The van der Waals surface area contributed by atoms with E-state index >= 15 is 0 Å². The van der Waals surface area contributed by atoms with Gasteiger partial charge in [0.1, 0.15) is 0 Å². The Kier molecular flexibility index (Phi) is 4.47. The monoisotopic (exact) mass is 418 g/mol. The molecule has 6 nitrogen and oxygen atoms in total. The van der Waals surface area contributed by atoms with Gasteiger partial charge in [-0.05, 0) is 47.2 Å². The zero-order valence-corrected chi connectivity index (χ0v) is 13.9. The standard InChI is InChI=1S/C13H11IN2O4S/c1-9-6-7-10(16(17)18)8-13(9)21(19,20)15-12-5-3-2-4-11(12)14/h2-8,15H,1H3. The van der Waals surface area contributed by atoms with E-state index in [9.17, 15) is 18.5 Å². The molecule has 0 aromatic heterocycles. The molecular weight excluding hydrogens is 407 g/mol. The highest BCUT2D eigenvalue weighted by molar-refractivity contribution is 14.1. The van der Waals surface area contributed by atoms with Crippen molar-refractivity contribution in [2.75, 3.05) is 4.72 Å². The molecule has 0 atom stereocenters. The minimum atomic E-state index is -3.88. The molecule has 0 spiro atoms.